The molecule has 0 bridgehead atoms. The minimum atomic E-state index is -0.988. The van der Waals surface area contributed by atoms with E-state index in [1.807, 2.05) is 30.3 Å². The van der Waals surface area contributed by atoms with E-state index in [4.69, 9.17) is 28.9 Å². The number of primary amides is 1. The fourth-order valence-electron chi connectivity index (χ4n) is 2.71. The lowest BCUT2D eigenvalue weighted by atomic mass is 10.0. The molecule has 148 valence electrons. The molecule has 0 unspecified atom stereocenters. The second kappa shape index (κ2) is 10.1. The first kappa shape index (κ1) is 21.7. The minimum absolute atomic E-state index is 0.106. The summed E-state index contributed by atoms with van der Waals surface area (Å²) in [5.41, 5.74) is 6.94. The standard InChI is InChI=1S/C20H21Cl2N3O3/c1-12(26)24-18(9-13-5-3-2-4-6-13)20(28)25-17(19(23)27)10-14-7-8-15(21)11-16(14)22/h2-8,11,17-18H,9-10H2,1H3,(H2,23,27)(H,24,26)(H,25,28)/t17-,18+/m0/s1. The summed E-state index contributed by atoms with van der Waals surface area (Å²) in [5, 5.41) is 6.05. The smallest absolute Gasteiger partial charge is 0.243 e. The van der Waals surface area contributed by atoms with E-state index in [2.05, 4.69) is 10.6 Å². The van der Waals surface area contributed by atoms with E-state index in [0.29, 0.717) is 15.6 Å². The number of hydrogen-bond acceptors (Lipinski definition) is 3. The highest BCUT2D eigenvalue weighted by atomic mass is 35.5. The molecule has 8 heteroatoms. The summed E-state index contributed by atoms with van der Waals surface area (Å²) in [4.78, 5) is 36.1. The molecular formula is C20H21Cl2N3O3. The Morgan fingerprint density at radius 1 is 0.964 bits per heavy atom. The van der Waals surface area contributed by atoms with Gasteiger partial charge in [0.1, 0.15) is 12.1 Å². The van der Waals surface area contributed by atoms with Gasteiger partial charge in [0, 0.05) is 29.8 Å². The van der Waals surface area contributed by atoms with Crippen molar-refractivity contribution in [2.75, 3.05) is 0 Å². The van der Waals surface area contributed by atoms with Crippen molar-refractivity contribution in [1.29, 1.82) is 0 Å². The van der Waals surface area contributed by atoms with Crippen LogP contribution in [0, 0.1) is 0 Å². The normalized spacial score (nSPS) is 12.7. The topological polar surface area (TPSA) is 101 Å². The predicted octanol–water partition coefficient (Wildman–Crippen LogP) is 2.25. The van der Waals surface area contributed by atoms with Crippen LogP contribution in [-0.4, -0.2) is 29.8 Å². The van der Waals surface area contributed by atoms with Gasteiger partial charge >= 0.3 is 0 Å². The molecule has 2 aromatic rings. The van der Waals surface area contributed by atoms with Crippen molar-refractivity contribution in [1.82, 2.24) is 10.6 Å². The second-order valence-corrected chi connectivity index (χ2v) is 7.19. The molecule has 0 radical (unpaired) electrons. The van der Waals surface area contributed by atoms with Crippen LogP contribution in [0.15, 0.2) is 48.5 Å². The molecule has 0 aliphatic heterocycles. The quantitative estimate of drug-likeness (QED) is 0.608. The predicted molar refractivity (Wildman–Crippen MR) is 109 cm³/mol. The molecule has 0 aliphatic carbocycles. The minimum Gasteiger partial charge on any atom is -0.368 e. The monoisotopic (exact) mass is 421 g/mol. The number of benzene rings is 2. The van der Waals surface area contributed by atoms with Gasteiger partial charge in [-0.15, -0.1) is 0 Å². The Bertz CT molecular complexity index is 859. The zero-order valence-electron chi connectivity index (χ0n) is 15.2. The van der Waals surface area contributed by atoms with Crippen molar-refractivity contribution in [3.8, 4) is 0 Å². The SMILES string of the molecule is CC(=O)N[C@H](Cc1ccccc1)C(=O)N[C@@H](Cc1ccc(Cl)cc1Cl)C(N)=O. The van der Waals surface area contributed by atoms with Crippen LogP contribution in [-0.2, 0) is 27.2 Å². The number of amides is 3. The van der Waals surface area contributed by atoms with Gasteiger partial charge in [0.2, 0.25) is 17.7 Å². The molecule has 0 spiro atoms. The Balaban J connectivity index is 2.14. The van der Waals surface area contributed by atoms with Gasteiger partial charge in [-0.25, -0.2) is 0 Å². The largest absolute Gasteiger partial charge is 0.368 e. The zero-order valence-corrected chi connectivity index (χ0v) is 16.8. The number of rotatable bonds is 8. The Morgan fingerprint density at radius 3 is 2.21 bits per heavy atom. The van der Waals surface area contributed by atoms with Gasteiger partial charge in [0.05, 0.1) is 0 Å². The van der Waals surface area contributed by atoms with Gasteiger partial charge in [-0.05, 0) is 23.3 Å². The number of carbonyl (C=O) groups excluding carboxylic acids is 3. The summed E-state index contributed by atoms with van der Waals surface area (Å²) in [7, 11) is 0. The first-order chi connectivity index (χ1) is 13.3. The Morgan fingerprint density at radius 2 is 1.64 bits per heavy atom. The third kappa shape index (κ3) is 6.55. The van der Waals surface area contributed by atoms with Crippen molar-refractivity contribution in [3.63, 3.8) is 0 Å². The lowest BCUT2D eigenvalue weighted by molar-refractivity contribution is -0.130. The second-order valence-electron chi connectivity index (χ2n) is 6.35. The highest BCUT2D eigenvalue weighted by Crippen LogP contribution is 2.22. The van der Waals surface area contributed by atoms with Crippen LogP contribution in [0.25, 0.3) is 0 Å². The third-order valence-corrected chi connectivity index (χ3v) is 4.66. The third-order valence-electron chi connectivity index (χ3n) is 4.08. The maximum Gasteiger partial charge on any atom is 0.243 e. The van der Waals surface area contributed by atoms with Gasteiger partial charge in [-0.2, -0.15) is 0 Å². The molecule has 3 amide bonds. The van der Waals surface area contributed by atoms with Crippen molar-refractivity contribution < 1.29 is 14.4 Å². The molecule has 0 aromatic heterocycles. The first-order valence-electron chi connectivity index (χ1n) is 8.61. The lowest BCUT2D eigenvalue weighted by Gasteiger charge is -2.22. The van der Waals surface area contributed by atoms with Crippen LogP contribution in [0.4, 0.5) is 0 Å². The van der Waals surface area contributed by atoms with Gasteiger partial charge in [-0.1, -0.05) is 59.6 Å². The van der Waals surface area contributed by atoms with E-state index in [9.17, 15) is 14.4 Å². The molecule has 6 nitrogen and oxygen atoms in total. The molecule has 4 N–H and O–H groups in total. The molecule has 2 aromatic carbocycles. The maximum atomic E-state index is 12.7. The van der Waals surface area contributed by atoms with E-state index in [1.54, 1.807) is 18.2 Å². The van der Waals surface area contributed by atoms with Crippen LogP contribution < -0.4 is 16.4 Å². The molecule has 0 aliphatic rings. The van der Waals surface area contributed by atoms with Crippen molar-refractivity contribution >= 4 is 40.9 Å². The highest BCUT2D eigenvalue weighted by molar-refractivity contribution is 6.35. The number of halogens is 2. The van der Waals surface area contributed by atoms with Crippen LogP contribution in [0.1, 0.15) is 18.1 Å². The van der Waals surface area contributed by atoms with Crippen molar-refractivity contribution in [2.24, 2.45) is 5.73 Å². The molecule has 0 fully saturated rings. The van der Waals surface area contributed by atoms with Crippen molar-refractivity contribution in [3.05, 3.63) is 69.7 Å². The summed E-state index contributed by atoms with van der Waals surface area (Å²) in [6.45, 7) is 1.32. The van der Waals surface area contributed by atoms with Crippen LogP contribution in [0.5, 0.6) is 0 Å². The van der Waals surface area contributed by atoms with Gasteiger partial charge in [0.25, 0.3) is 0 Å². The fraction of sp³-hybridized carbons (Fsp3) is 0.250. The van der Waals surface area contributed by atoms with Gasteiger partial charge < -0.3 is 16.4 Å². The average molecular weight is 422 g/mol. The summed E-state index contributed by atoms with van der Waals surface area (Å²) in [6, 6.07) is 12.3. The Labute approximate surface area is 173 Å². The zero-order chi connectivity index (χ0) is 20.7. The number of hydrogen-bond donors (Lipinski definition) is 3. The Hall–Kier alpha value is -2.57. The van der Waals surface area contributed by atoms with E-state index in [-0.39, 0.29) is 18.7 Å². The first-order valence-corrected chi connectivity index (χ1v) is 9.36. The molecule has 28 heavy (non-hydrogen) atoms. The van der Waals surface area contributed by atoms with Crippen molar-refractivity contribution in [2.45, 2.75) is 31.8 Å². The van der Waals surface area contributed by atoms with Crippen LogP contribution in [0.3, 0.4) is 0 Å². The molecular weight excluding hydrogens is 401 g/mol. The summed E-state index contributed by atoms with van der Waals surface area (Å²) in [5.74, 6) is -1.57. The van der Waals surface area contributed by atoms with E-state index in [0.717, 1.165) is 5.56 Å². The van der Waals surface area contributed by atoms with Gasteiger partial charge in [0.15, 0.2) is 0 Å². The van der Waals surface area contributed by atoms with E-state index in [1.165, 1.54) is 6.92 Å². The highest BCUT2D eigenvalue weighted by Gasteiger charge is 2.26. The number of nitrogens with two attached hydrogens (primary N) is 1. The molecule has 2 rings (SSSR count). The lowest BCUT2D eigenvalue weighted by Crippen LogP contribution is -2.54. The number of nitrogens with one attached hydrogen (secondary N) is 2. The van der Waals surface area contributed by atoms with E-state index >= 15 is 0 Å². The summed E-state index contributed by atoms with van der Waals surface area (Å²) < 4.78 is 0. The molecule has 0 saturated heterocycles. The number of carbonyl (C=O) groups is 3. The van der Waals surface area contributed by atoms with E-state index < -0.39 is 23.9 Å². The summed E-state index contributed by atoms with van der Waals surface area (Å²) in [6.07, 6.45) is 0.384. The maximum absolute atomic E-state index is 12.7. The van der Waals surface area contributed by atoms with Crippen LogP contribution in [0.2, 0.25) is 10.0 Å². The summed E-state index contributed by atoms with van der Waals surface area (Å²) >= 11 is 12.0. The fourth-order valence-corrected chi connectivity index (χ4v) is 3.19. The average Bonchev–Trinajstić information content (AvgIpc) is 2.63. The van der Waals surface area contributed by atoms with Gasteiger partial charge in [-0.3, -0.25) is 14.4 Å². The Kier molecular flexibility index (Phi) is 7.84. The molecule has 0 saturated carbocycles. The molecule has 2 atom stereocenters. The molecule has 0 heterocycles. The van der Waals surface area contributed by atoms with Crippen LogP contribution >= 0.6 is 23.2 Å².